The monoisotopic (exact) mass is 267 g/mol. The Hall–Kier alpha value is -1.47. The fraction of sp³-hybridized carbons (Fsp3) is 0.200. The summed E-state index contributed by atoms with van der Waals surface area (Å²) in [4.78, 5) is 22.9. The minimum absolute atomic E-state index is 0.0289. The predicted octanol–water partition coefficient (Wildman–Crippen LogP) is 1.85. The van der Waals surface area contributed by atoms with Gasteiger partial charge in [-0.1, -0.05) is 11.8 Å². The minimum atomic E-state index is -0.863. The average molecular weight is 267 g/mol. The first kappa shape index (κ1) is 12.0. The highest BCUT2D eigenvalue weighted by atomic mass is 32.2. The third kappa shape index (κ3) is 3.79. The Bertz CT molecular complexity index is 501. The van der Waals surface area contributed by atoms with Gasteiger partial charge in [0.1, 0.15) is 5.82 Å². The maximum atomic E-state index is 10.5. The van der Waals surface area contributed by atoms with Crippen molar-refractivity contribution in [1.82, 2.24) is 15.0 Å². The number of carbonyl (C=O) groups is 1. The standard InChI is InChI=1S/C10H9N3O2S2/c14-9(15)4-7-5-16-10(13-7)17-6-8-11-2-1-3-12-8/h1-3,5H,4,6H2,(H,14,15). The van der Waals surface area contributed by atoms with Crippen molar-refractivity contribution in [2.24, 2.45) is 0 Å². The van der Waals surface area contributed by atoms with Crippen LogP contribution in [-0.4, -0.2) is 26.0 Å². The smallest absolute Gasteiger partial charge is 0.309 e. The topological polar surface area (TPSA) is 76.0 Å². The van der Waals surface area contributed by atoms with E-state index >= 15 is 0 Å². The normalized spacial score (nSPS) is 10.4. The molecule has 0 amide bonds. The number of rotatable bonds is 5. The average Bonchev–Trinajstić information content (AvgIpc) is 2.75. The van der Waals surface area contributed by atoms with Crippen LogP contribution in [0.2, 0.25) is 0 Å². The lowest BCUT2D eigenvalue weighted by Crippen LogP contribution is -1.99. The number of carboxylic acids is 1. The fourth-order valence-electron chi connectivity index (χ4n) is 1.12. The third-order valence-electron chi connectivity index (χ3n) is 1.81. The number of thioether (sulfide) groups is 1. The van der Waals surface area contributed by atoms with Gasteiger partial charge in [-0.15, -0.1) is 11.3 Å². The molecule has 17 heavy (non-hydrogen) atoms. The molecule has 0 unspecified atom stereocenters. The van der Waals surface area contributed by atoms with Crippen molar-refractivity contribution in [2.45, 2.75) is 16.5 Å². The summed E-state index contributed by atoms with van der Waals surface area (Å²) in [7, 11) is 0. The quantitative estimate of drug-likeness (QED) is 0.833. The number of aliphatic carboxylic acids is 1. The van der Waals surface area contributed by atoms with Gasteiger partial charge in [0.15, 0.2) is 4.34 Å². The second-order valence-corrected chi connectivity index (χ2v) is 5.21. The summed E-state index contributed by atoms with van der Waals surface area (Å²) in [6, 6.07) is 1.77. The lowest BCUT2D eigenvalue weighted by atomic mass is 10.3. The summed E-state index contributed by atoms with van der Waals surface area (Å²) >= 11 is 2.95. The first-order chi connectivity index (χ1) is 8.24. The number of nitrogens with zero attached hydrogens (tertiary/aromatic N) is 3. The van der Waals surface area contributed by atoms with E-state index in [0.29, 0.717) is 11.4 Å². The first-order valence-corrected chi connectivity index (χ1v) is 6.65. The SMILES string of the molecule is O=C(O)Cc1csc(SCc2ncccn2)n1. The molecule has 0 atom stereocenters. The molecular weight excluding hydrogens is 258 g/mol. The molecule has 0 aliphatic rings. The molecule has 88 valence electrons. The molecule has 5 nitrogen and oxygen atoms in total. The zero-order chi connectivity index (χ0) is 12.1. The third-order valence-corrected chi connectivity index (χ3v) is 3.87. The lowest BCUT2D eigenvalue weighted by molar-refractivity contribution is -0.136. The molecule has 0 bridgehead atoms. The van der Waals surface area contributed by atoms with Crippen LogP contribution in [0.1, 0.15) is 11.5 Å². The Kier molecular flexibility index (Phi) is 4.05. The molecule has 2 heterocycles. The van der Waals surface area contributed by atoms with Crippen molar-refractivity contribution in [3.8, 4) is 0 Å². The van der Waals surface area contributed by atoms with Gasteiger partial charge in [-0.3, -0.25) is 4.79 Å². The van der Waals surface area contributed by atoms with Gasteiger partial charge in [0.05, 0.1) is 17.9 Å². The molecule has 0 fully saturated rings. The molecule has 0 aliphatic carbocycles. The second-order valence-electron chi connectivity index (χ2n) is 3.13. The molecule has 7 heteroatoms. The van der Waals surface area contributed by atoms with Gasteiger partial charge in [0, 0.05) is 17.8 Å². The van der Waals surface area contributed by atoms with Crippen molar-refractivity contribution in [2.75, 3.05) is 0 Å². The van der Waals surface area contributed by atoms with Gasteiger partial charge in [-0.25, -0.2) is 15.0 Å². The van der Waals surface area contributed by atoms with E-state index in [1.165, 1.54) is 23.1 Å². The van der Waals surface area contributed by atoms with E-state index in [2.05, 4.69) is 15.0 Å². The van der Waals surface area contributed by atoms with Crippen LogP contribution >= 0.6 is 23.1 Å². The van der Waals surface area contributed by atoms with Gasteiger partial charge in [0.25, 0.3) is 0 Å². The predicted molar refractivity (Wildman–Crippen MR) is 65.0 cm³/mol. The van der Waals surface area contributed by atoms with Crippen LogP contribution in [0.15, 0.2) is 28.2 Å². The van der Waals surface area contributed by atoms with E-state index in [9.17, 15) is 4.79 Å². The van der Waals surface area contributed by atoms with E-state index < -0.39 is 5.97 Å². The minimum Gasteiger partial charge on any atom is -0.481 e. The van der Waals surface area contributed by atoms with E-state index in [-0.39, 0.29) is 6.42 Å². The largest absolute Gasteiger partial charge is 0.481 e. The van der Waals surface area contributed by atoms with Gasteiger partial charge in [-0.05, 0) is 6.07 Å². The summed E-state index contributed by atoms with van der Waals surface area (Å²) in [6.07, 6.45) is 3.36. The number of hydrogen-bond donors (Lipinski definition) is 1. The van der Waals surface area contributed by atoms with E-state index in [0.717, 1.165) is 10.2 Å². The molecule has 2 aromatic rings. The van der Waals surface area contributed by atoms with Crippen LogP contribution in [0.3, 0.4) is 0 Å². The summed E-state index contributed by atoms with van der Waals surface area (Å²) in [5.41, 5.74) is 0.596. The number of aromatic nitrogens is 3. The van der Waals surface area contributed by atoms with Crippen molar-refractivity contribution < 1.29 is 9.90 Å². The van der Waals surface area contributed by atoms with Crippen LogP contribution in [-0.2, 0) is 17.0 Å². The molecule has 0 spiro atoms. The van der Waals surface area contributed by atoms with Gasteiger partial charge >= 0.3 is 5.97 Å². The second kappa shape index (κ2) is 5.74. The van der Waals surface area contributed by atoms with Crippen LogP contribution in [0.25, 0.3) is 0 Å². The van der Waals surface area contributed by atoms with E-state index in [1.807, 2.05) is 0 Å². The molecule has 2 aromatic heterocycles. The summed E-state index contributed by atoms with van der Waals surface area (Å²) < 4.78 is 0.841. The number of hydrogen-bond acceptors (Lipinski definition) is 6. The molecule has 0 saturated heterocycles. The Morgan fingerprint density at radius 1 is 1.41 bits per heavy atom. The Morgan fingerprint density at radius 2 is 2.18 bits per heavy atom. The van der Waals surface area contributed by atoms with E-state index in [1.54, 1.807) is 23.8 Å². The first-order valence-electron chi connectivity index (χ1n) is 4.79. The molecule has 1 N–H and O–H groups in total. The summed E-state index contributed by atoms with van der Waals surface area (Å²) in [5, 5.41) is 10.4. The van der Waals surface area contributed by atoms with E-state index in [4.69, 9.17) is 5.11 Å². The zero-order valence-electron chi connectivity index (χ0n) is 8.74. The highest BCUT2D eigenvalue weighted by Crippen LogP contribution is 2.25. The van der Waals surface area contributed by atoms with Crippen molar-refractivity contribution in [3.63, 3.8) is 0 Å². The maximum absolute atomic E-state index is 10.5. The molecule has 0 radical (unpaired) electrons. The van der Waals surface area contributed by atoms with Crippen molar-refractivity contribution >= 4 is 29.1 Å². The Balaban J connectivity index is 1.91. The van der Waals surface area contributed by atoms with Crippen molar-refractivity contribution in [3.05, 3.63) is 35.4 Å². The maximum Gasteiger partial charge on any atom is 0.309 e. The zero-order valence-corrected chi connectivity index (χ0v) is 10.4. The van der Waals surface area contributed by atoms with Crippen molar-refractivity contribution in [1.29, 1.82) is 0 Å². The number of carboxylic acid groups (broad SMARTS) is 1. The molecular formula is C10H9N3O2S2. The molecule has 0 aromatic carbocycles. The highest BCUT2D eigenvalue weighted by molar-refractivity contribution is 8.00. The van der Waals surface area contributed by atoms with Crippen LogP contribution in [0.5, 0.6) is 0 Å². The van der Waals surface area contributed by atoms with Crippen LogP contribution in [0, 0.1) is 0 Å². The molecule has 0 aliphatic heterocycles. The fourth-order valence-corrected chi connectivity index (χ4v) is 2.84. The summed E-state index contributed by atoms with van der Waals surface area (Å²) in [6.45, 7) is 0. The van der Waals surface area contributed by atoms with Gasteiger partial charge < -0.3 is 5.11 Å². The lowest BCUT2D eigenvalue weighted by Gasteiger charge is -1.95. The molecule has 2 rings (SSSR count). The van der Waals surface area contributed by atoms with Crippen LogP contribution in [0.4, 0.5) is 0 Å². The van der Waals surface area contributed by atoms with Gasteiger partial charge in [-0.2, -0.15) is 0 Å². The molecule has 0 saturated carbocycles. The Morgan fingerprint density at radius 3 is 2.88 bits per heavy atom. The van der Waals surface area contributed by atoms with Gasteiger partial charge in [0.2, 0.25) is 0 Å². The Labute approximate surface area is 106 Å². The van der Waals surface area contributed by atoms with Crippen LogP contribution < -0.4 is 0 Å². The highest BCUT2D eigenvalue weighted by Gasteiger charge is 2.07. The summed E-state index contributed by atoms with van der Waals surface area (Å²) in [5.74, 6) is 0.520. The number of thiazole rings is 1.